The second kappa shape index (κ2) is 9.09. The van der Waals surface area contributed by atoms with E-state index in [-0.39, 0.29) is 16.2 Å². The van der Waals surface area contributed by atoms with E-state index in [0.29, 0.717) is 11.3 Å². The van der Waals surface area contributed by atoms with Gasteiger partial charge in [0, 0.05) is 25.0 Å². The molecule has 1 N–H and O–H groups in total. The van der Waals surface area contributed by atoms with Gasteiger partial charge >= 0.3 is 0 Å². The van der Waals surface area contributed by atoms with E-state index in [9.17, 15) is 13.2 Å². The van der Waals surface area contributed by atoms with Gasteiger partial charge in [0.15, 0.2) is 0 Å². The van der Waals surface area contributed by atoms with E-state index in [1.807, 2.05) is 60.7 Å². The maximum Gasteiger partial charge on any atom is 0.252 e. The number of fused-ring (bicyclic) bond motifs is 1. The molecule has 0 saturated heterocycles. The van der Waals surface area contributed by atoms with Crippen molar-refractivity contribution in [2.45, 2.75) is 10.9 Å². The van der Waals surface area contributed by atoms with Crippen LogP contribution in [0.4, 0.5) is 0 Å². The molecular formula is C25H24N2O5S. The van der Waals surface area contributed by atoms with Gasteiger partial charge in [-0.1, -0.05) is 48.5 Å². The highest BCUT2D eigenvalue weighted by Crippen LogP contribution is 2.30. The Morgan fingerprint density at radius 3 is 2.33 bits per heavy atom. The number of amides is 1. The van der Waals surface area contributed by atoms with Gasteiger partial charge in [0.25, 0.3) is 5.91 Å². The number of rotatable bonds is 7. The maximum atomic E-state index is 13.3. The molecule has 0 aliphatic carbocycles. The van der Waals surface area contributed by atoms with Gasteiger partial charge in [-0.25, -0.2) is 12.7 Å². The third kappa shape index (κ3) is 4.48. The van der Waals surface area contributed by atoms with Crippen LogP contribution in [-0.2, 0) is 10.0 Å². The Bertz CT molecular complexity index is 1360. The van der Waals surface area contributed by atoms with Crippen LogP contribution in [0.25, 0.3) is 11.0 Å². The van der Waals surface area contributed by atoms with Crippen LogP contribution < -0.4 is 10.1 Å². The molecule has 3 aromatic carbocycles. The zero-order valence-electron chi connectivity index (χ0n) is 18.5. The van der Waals surface area contributed by atoms with Crippen LogP contribution in [0.5, 0.6) is 5.75 Å². The molecule has 0 saturated carbocycles. The van der Waals surface area contributed by atoms with Crippen LogP contribution in [0, 0.1) is 0 Å². The number of nitrogens with zero attached hydrogens (tertiary/aromatic N) is 1. The first-order valence-corrected chi connectivity index (χ1v) is 11.7. The topological polar surface area (TPSA) is 88.8 Å². The molecule has 8 heteroatoms. The largest absolute Gasteiger partial charge is 0.495 e. The van der Waals surface area contributed by atoms with E-state index in [1.165, 1.54) is 39.4 Å². The fraction of sp³-hybridized carbons (Fsp3) is 0.160. The summed E-state index contributed by atoms with van der Waals surface area (Å²) in [4.78, 5) is 13.2. The number of furan rings is 1. The first-order chi connectivity index (χ1) is 15.8. The van der Waals surface area contributed by atoms with E-state index in [2.05, 4.69) is 5.32 Å². The summed E-state index contributed by atoms with van der Waals surface area (Å²) in [7, 11) is 0.420. The molecule has 7 nitrogen and oxygen atoms in total. The van der Waals surface area contributed by atoms with Gasteiger partial charge in [-0.2, -0.15) is 0 Å². The fourth-order valence-electron chi connectivity index (χ4n) is 3.54. The monoisotopic (exact) mass is 464 g/mol. The Labute approximate surface area is 192 Å². The summed E-state index contributed by atoms with van der Waals surface area (Å²) in [6, 6.07) is 22.7. The number of methoxy groups -OCH3 is 1. The third-order valence-electron chi connectivity index (χ3n) is 5.32. The van der Waals surface area contributed by atoms with E-state index >= 15 is 0 Å². The minimum Gasteiger partial charge on any atom is -0.495 e. The lowest BCUT2D eigenvalue weighted by atomic mass is 10.0. The predicted molar refractivity (Wildman–Crippen MR) is 126 cm³/mol. The lowest BCUT2D eigenvalue weighted by Gasteiger charge is -2.19. The standard InChI is InChI=1S/C25H24N2O5S/c1-27(2)33(29,30)23-16-19(13-14-21(23)31-3)25(28)26-24(17-9-5-4-6-10-17)22-15-18-11-7-8-12-20(18)32-22/h4-16,24H,1-3H3,(H,26,28). The van der Waals surface area contributed by atoms with E-state index in [1.54, 1.807) is 0 Å². The molecule has 0 radical (unpaired) electrons. The SMILES string of the molecule is COc1ccc(C(=O)NC(c2ccccc2)c2cc3ccccc3o2)cc1S(=O)(=O)N(C)C. The van der Waals surface area contributed by atoms with Crippen molar-refractivity contribution in [2.24, 2.45) is 0 Å². The number of carbonyl (C=O) groups excluding carboxylic acids is 1. The first kappa shape index (κ1) is 22.6. The maximum absolute atomic E-state index is 13.3. The Kier molecular flexibility index (Phi) is 6.22. The van der Waals surface area contributed by atoms with Gasteiger partial charge in [-0.05, 0) is 35.9 Å². The molecule has 0 fully saturated rings. The zero-order valence-corrected chi connectivity index (χ0v) is 19.3. The van der Waals surface area contributed by atoms with Crippen LogP contribution in [0.1, 0.15) is 27.7 Å². The van der Waals surface area contributed by atoms with Crippen molar-refractivity contribution in [3.05, 3.63) is 95.7 Å². The van der Waals surface area contributed by atoms with Crippen LogP contribution in [0.2, 0.25) is 0 Å². The minimum absolute atomic E-state index is 0.0809. The van der Waals surface area contributed by atoms with Crippen LogP contribution in [0.3, 0.4) is 0 Å². The molecular weight excluding hydrogens is 440 g/mol. The van der Waals surface area contributed by atoms with Crippen molar-refractivity contribution in [2.75, 3.05) is 21.2 Å². The molecule has 4 rings (SSSR count). The van der Waals surface area contributed by atoms with Gasteiger partial charge in [0.05, 0.1) is 7.11 Å². The molecule has 1 heterocycles. The molecule has 4 aromatic rings. The Morgan fingerprint density at radius 1 is 0.970 bits per heavy atom. The summed E-state index contributed by atoms with van der Waals surface area (Å²) in [6.07, 6.45) is 0. The second-order valence-electron chi connectivity index (χ2n) is 7.66. The number of carbonyl (C=O) groups is 1. The summed E-state index contributed by atoms with van der Waals surface area (Å²) in [6.45, 7) is 0. The fourth-order valence-corrected chi connectivity index (χ4v) is 4.61. The predicted octanol–water partition coefficient (Wildman–Crippen LogP) is 4.21. The molecule has 0 aliphatic heterocycles. The second-order valence-corrected chi connectivity index (χ2v) is 9.78. The summed E-state index contributed by atoms with van der Waals surface area (Å²) in [5.74, 6) is 0.296. The average molecular weight is 465 g/mol. The van der Waals surface area contributed by atoms with Crippen LogP contribution in [0.15, 0.2) is 88.2 Å². The van der Waals surface area contributed by atoms with Gasteiger partial charge in [-0.15, -0.1) is 0 Å². The molecule has 1 aromatic heterocycles. The molecule has 0 aliphatic rings. The Morgan fingerprint density at radius 2 is 1.67 bits per heavy atom. The number of hydrogen-bond donors (Lipinski definition) is 1. The molecule has 1 amide bonds. The number of hydrogen-bond acceptors (Lipinski definition) is 5. The molecule has 0 spiro atoms. The lowest BCUT2D eigenvalue weighted by molar-refractivity contribution is 0.0939. The molecule has 0 bridgehead atoms. The van der Waals surface area contributed by atoms with Crippen LogP contribution in [-0.4, -0.2) is 39.8 Å². The smallest absolute Gasteiger partial charge is 0.252 e. The Balaban J connectivity index is 1.74. The molecule has 33 heavy (non-hydrogen) atoms. The molecule has 1 atom stereocenters. The molecule has 170 valence electrons. The van der Waals surface area contributed by atoms with Crippen molar-refractivity contribution in [1.29, 1.82) is 0 Å². The van der Waals surface area contributed by atoms with E-state index < -0.39 is 22.0 Å². The number of para-hydroxylation sites is 1. The van der Waals surface area contributed by atoms with Crippen molar-refractivity contribution in [3.8, 4) is 5.75 Å². The van der Waals surface area contributed by atoms with Crippen LogP contribution >= 0.6 is 0 Å². The quantitative estimate of drug-likeness (QED) is 0.443. The van der Waals surface area contributed by atoms with Crippen molar-refractivity contribution in [1.82, 2.24) is 9.62 Å². The van der Waals surface area contributed by atoms with Gasteiger partial charge < -0.3 is 14.5 Å². The van der Waals surface area contributed by atoms with Gasteiger partial charge in [0.2, 0.25) is 10.0 Å². The number of ether oxygens (including phenoxy) is 1. The van der Waals surface area contributed by atoms with Crippen molar-refractivity contribution in [3.63, 3.8) is 0 Å². The van der Waals surface area contributed by atoms with Crippen molar-refractivity contribution < 1.29 is 22.4 Å². The normalized spacial score (nSPS) is 12.6. The van der Waals surface area contributed by atoms with E-state index in [0.717, 1.165) is 15.3 Å². The Hall–Kier alpha value is -3.62. The molecule has 1 unspecified atom stereocenters. The zero-order chi connectivity index (χ0) is 23.6. The summed E-state index contributed by atoms with van der Waals surface area (Å²) in [5, 5.41) is 3.91. The summed E-state index contributed by atoms with van der Waals surface area (Å²) < 4.78 is 37.8. The summed E-state index contributed by atoms with van der Waals surface area (Å²) >= 11 is 0. The summed E-state index contributed by atoms with van der Waals surface area (Å²) in [5.41, 5.74) is 1.74. The highest BCUT2D eigenvalue weighted by atomic mass is 32.2. The van der Waals surface area contributed by atoms with Gasteiger partial charge in [0.1, 0.15) is 28.0 Å². The first-order valence-electron chi connectivity index (χ1n) is 10.3. The van der Waals surface area contributed by atoms with Crippen molar-refractivity contribution >= 4 is 26.9 Å². The minimum atomic E-state index is -3.82. The number of sulfonamides is 1. The number of benzene rings is 3. The average Bonchev–Trinajstić information content (AvgIpc) is 3.26. The van der Waals surface area contributed by atoms with Gasteiger partial charge in [-0.3, -0.25) is 4.79 Å². The lowest BCUT2D eigenvalue weighted by Crippen LogP contribution is -2.29. The highest BCUT2D eigenvalue weighted by Gasteiger charge is 2.26. The number of nitrogens with one attached hydrogen (secondary N) is 1. The van der Waals surface area contributed by atoms with E-state index in [4.69, 9.17) is 9.15 Å². The third-order valence-corrected chi connectivity index (χ3v) is 7.16. The highest BCUT2D eigenvalue weighted by molar-refractivity contribution is 7.89.